The van der Waals surface area contributed by atoms with E-state index in [1.165, 1.54) is 0 Å². The van der Waals surface area contributed by atoms with Crippen molar-refractivity contribution in [1.29, 1.82) is 0 Å². The van der Waals surface area contributed by atoms with Gasteiger partial charge >= 0.3 is 5.97 Å². The number of ether oxygens (including phenoxy) is 2. The second-order valence-corrected chi connectivity index (χ2v) is 19.6. The number of carboxylic acids is 1. The molecule has 0 aromatic rings. The summed E-state index contributed by atoms with van der Waals surface area (Å²) >= 11 is 0. The Kier molecular flexibility index (Phi) is 17.0. The fraction of sp³-hybridized carbons (Fsp3) is 0.914. The summed E-state index contributed by atoms with van der Waals surface area (Å²) in [7, 11) is -2.46. The van der Waals surface area contributed by atoms with Crippen LogP contribution < -0.4 is 0 Å². The summed E-state index contributed by atoms with van der Waals surface area (Å²) in [5.41, 5.74) is 0. The van der Waals surface area contributed by atoms with Crippen LogP contribution in [0.4, 0.5) is 8.78 Å². The lowest BCUT2D eigenvalue weighted by atomic mass is 9.85. The first-order chi connectivity index (χ1) is 20.7. The number of hydrogen-bond acceptors (Lipinski definition) is 5. The molecule has 0 spiro atoms. The molecule has 2 aliphatic rings. The Hall–Kier alpha value is -0.873. The Balaban J connectivity index is 2.17. The maximum absolute atomic E-state index is 15.9. The molecule has 2 unspecified atom stereocenters. The quantitative estimate of drug-likeness (QED) is 0.0734. The fourth-order valence-electron chi connectivity index (χ4n) is 6.32. The van der Waals surface area contributed by atoms with Gasteiger partial charge in [-0.15, -0.1) is 0 Å². The number of allylic oxidation sites excluding steroid dienone is 2. The average molecular weight is 647 g/mol. The van der Waals surface area contributed by atoms with Crippen LogP contribution in [0.1, 0.15) is 137 Å². The van der Waals surface area contributed by atoms with Crippen LogP contribution in [0, 0.1) is 11.8 Å². The maximum atomic E-state index is 15.9. The molecule has 0 bridgehead atoms. The van der Waals surface area contributed by atoms with E-state index in [-0.39, 0.29) is 48.5 Å². The topological polar surface area (TPSA) is 85.2 Å². The molecule has 0 amide bonds. The lowest BCUT2D eigenvalue weighted by Crippen LogP contribution is -2.49. The summed E-state index contributed by atoms with van der Waals surface area (Å²) in [6.45, 7) is 13.1. The second kappa shape index (κ2) is 19.1. The minimum Gasteiger partial charge on any atom is -0.481 e. The van der Waals surface area contributed by atoms with E-state index < -0.39 is 32.4 Å². The molecule has 6 atom stereocenters. The van der Waals surface area contributed by atoms with E-state index in [9.17, 15) is 9.90 Å². The number of rotatable bonds is 21. The summed E-state index contributed by atoms with van der Waals surface area (Å²) in [6.07, 6.45) is 13.3. The van der Waals surface area contributed by atoms with Gasteiger partial charge in [0, 0.05) is 25.9 Å². The number of aliphatic carboxylic acids is 1. The number of aliphatic hydroxyl groups excluding tert-OH is 1. The van der Waals surface area contributed by atoms with Gasteiger partial charge in [-0.1, -0.05) is 65.5 Å². The molecule has 1 aliphatic heterocycles. The van der Waals surface area contributed by atoms with Gasteiger partial charge in [-0.2, -0.15) is 0 Å². The normalized spacial score (nSPS) is 26.0. The van der Waals surface area contributed by atoms with E-state index in [0.717, 1.165) is 57.8 Å². The molecular formula is C35H64F2O6Si. The molecular weight excluding hydrogens is 582 g/mol. The predicted octanol–water partition coefficient (Wildman–Crippen LogP) is 9.65. The van der Waals surface area contributed by atoms with Crippen molar-refractivity contribution in [3.8, 4) is 0 Å². The zero-order chi connectivity index (χ0) is 32.8. The van der Waals surface area contributed by atoms with Crippen molar-refractivity contribution in [3.63, 3.8) is 0 Å². The highest BCUT2D eigenvalue weighted by molar-refractivity contribution is 6.74. The molecule has 2 N–H and O–H groups in total. The van der Waals surface area contributed by atoms with Crippen LogP contribution in [0.2, 0.25) is 18.1 Å². The van der Waals surface area contributed by atoms with Gasteiger partial charge in [0.15, 0.2) is 14.6 Å². The van der Waals surface area contributed by atoms with E-state index in [1.54, 1.807) is 0 Å². The third kappa shape index (κ3) is 13.5. The van der Waals surface area contributed by atoms with Gasteiger partial charge in [0.1, 0.15) is 6.10 Å². The van der Waals surface area contributed by atoms with Crippen molar-refractivity contribution in [2.24, 2.45) is 11.8 Å². The van der Waals surface area contributed by atoms with Gasteiger partial charge in [-0.05, 0) is 94.2 Å². The molecule has 44 heavy (non-hydrogen) atoms. The average Bonchev–Trinajstić information content (AvgIpc) is 3.23. The van der Waals surface area contributed by atoms with Crippen LogP contribution in [0.5, 0.6) is 0 Å². The first kappa shape index (κ1) is 39.3. The number of carbonyl (C=O) groups is 1. The monoisotopic (exact) mass is 646 g/mol. The van der Waals surface area contributed by atoms with Crippen molar-refractivity contribution in [2.75, 3.05) is 6.61 Å². The molecule has 1 heterocycles. The molecule has 9 heteroatoms. The van der Waals surface area contributed by atoms with E-state index in [0.29, 0.717) is 38.7 Å². The smallest absolute Gasteiger partial charge is 0.303 e. The first-order valence-electron chi connectivity index (χ1n) is 17.6. The lowest BCUT2D eigenvalue weighted by molar-refractivity contribution is -0.197. The summed E-state index contributed by atoms with van der Waals surface area (Å²) in [6, 6.07) is 0. The highest BCUT2D eigenvalue weighted by atomic mass is 28.4. The van der Waals surface area contributed by atoms with E-state index in [2.05, 4.69) is 39.8 Å². The van der Waals surface area contributed by atoms with Crippen molar-refractivity contribution in [2.45, 2.75) is 186 Å². The third-order valence-corrected chi connectivity index (χ3v) is 14.6. The summed E-state index contributed by atoms with van der Waals surface area (Å²) in [4.78, 5) is 10.7. The molecule has 0 aromatic heterocycles. The maximum Gasteiger partial charge on any atom is 0.303 e. The number of alkyl halides is 2. The Morgan fingerprint density at radius 1 is 1.05 bits per heavy atom. The molecule has 1 saturated carbocycles. The fourth-order valence-corrected chi connectivity index (χ4v) is 7.67. The number of aliphatic hydroxyl groups is 1. The number of carboxylic acid groups (broad SMARTS) is 1. The molecule has 1 aliphatic carbocycles. The molecule has 2 rings (SSSR count). The van der Waals surface area contributed by atoms with E-state index >= 15 is 8.78 Å². The minimum atomic E-state index is -2.92. The molecule has 2 fully saturated rings. The Labute approximate surface area is 267 Å². The van der Waals surface area contributed by atoms with E-state index in [1.807, 2.05) is 13.1 Å². The van der Waals surface area contributed by atoms with Gasteiger partial charge < -0.3 is 24.1 Å². The summed E-state index contributed by atoms with van der Waals surface area (Å²) < 4.78 is 50.7. The van der Waals surface area contributed by atoms with Crippen LogP contribution in [-0.2, 0) is 18.7 Å². The van der Waals surface area contributed by atoms with Crippen LogP contribution in [-0.4, -0.2) is 61.6 Å². The predicted molar refractivity (Wildman–Crippen MR) is 176 cm³/mol. The largest absolute Gasteiger partial charge is 0.481 e. The number of unbranched alkanes of at least 4 members (excludes halogenated alkanes) is 6. The Morgan fingerprint density at radius 3 is 2.41 bits per heavy atom. The minimum absolute atomic E-state index is 0.0721. The van der Waals surface area contributed by atoms with Gasteiger partial charge in [-0.3, -0.25) is 4.79 Å². The van der Waals surface area contributed by atoms with Gasteiger partial charge in [0.25, 0.3) is 5.92 Å². The number of hydrogen-bond donors (Lipinski definition) is 2. The third-order valence-electron chi connectivity index (χ3n) is 10.1. The molecule has 0 aromatic carbocycles. The van der Waals surface area contributed by atoms with Crippen molar-refractivity contribution in [1.82, 2.24) is 0 Å². The van der Waals surface area contributed by atoms with Crippen LogP contribution in [0.15, 0.2) is 12.2 Å². The van der Waals surface area contributed by atoms with Crippen LogP contribution in [0.3, 0.4) is 0 Å². The van der Waals surface area contributed by atoms with Gasteiger partial charge in [-0.25, -0.2) is 8.78 Å². The lowest BCUT2D eigenvalue weighted by Gasteiger charge is -2.42. The molecule has 258 valence electrons. The van der Waals surface area contributed by atoms with E-state index in [4.69, 9.17) is 19.0 Å². The highest BCUT2D eigenvalue weighted by Gasteiger charge is 2.49. The molecule has 6 nitrogen and oxygen atoms in total. The second-order valence-electron chi connectivity index (χ2n) is 14.8. The van der Waals surface area contributed by atoms with Gasteiger partial charge in [0.2, 0.25) is 0 Å². The molecule has 0 radical (unpaired) electrons. The van der Waals surface area contributed by atoms with Crippen molar-refractivity contribution < 1.29 is 37.7 Å². The zero-order valence-corrected chi connectivity index (χ0v) is 29.6. The highest BCUT2D eigenvalue weighted by Crippen LogP contribution is 2.45. The van der Waals surface area contributed by atoms with Crippen molar-refractivity contribution >= 4 is 14.3 Å². The molecule has 1 saturated heterocycles. The summed E-state index contributed by atoms with van der Waals surface area (Å²) in [5, 5.41) is 19.8. The SMILES string of the molecule is CCCCCCC(F)(F)C(CC[C@@H]1[C@@H](CC=CCCCCCC(=O)O)[C@@H](O)C[C@H]1OC1CCCCO1)O[Si](C)(C)C(C)(C)C. The van der Waals surface area contributed by atoms with Crippen molar-refractivity contribution in [3.05, 3.63) is 12.2 Å². The van der Waals surface area contributed by atoms with Crippen LogP contribution >= 0.6 is 0 Å². The Bertz CT molecular complexity index is 840. The number of halogens is 2. The zero-order valence-electron chi connectivity index (χ0n) is 28.6. The van der Waals surface area contributed by atoms with Crippen LogP contribution in [0.25, 0.3) is 0 Å². The Morgan fingerprint density at radius 2 is 1.77 bits per heavy atom. The first-order valence-corrected chi connectivity index (χ1v) is 20.5. The van der Waals surface area contributed by atoms with Gasteiger partial charge in [0.05, 0.1) is 12.2 Å². The summed E-state index contributed by atoms with van der Waals surface area (Å²) in [5.74, 6) is -3.83. The standard InChI is InChI=1S/C35H64F2O6Si/c1-7-8-9-17-24-35(36,37)31(43-44(5,6)34(2,3)4)23-22-28-27(19-14-12-10-11-13-15-20-32(39)40)29(38)26-30(28)42-33-21-16-18-25-41-33/h12,14,27-31,33,38H,7-11,13,15-26H2,1-6H3,(H,39,40)/t27-,28-,29+,30-,31?,33?/m1/s1.